The van der Waals surface area contributed by atoms with Crippen LogP contribution in [-0.4, -0.2) is 67.3 Å². The van der Waals surface area contributed by atoms with Gasteiger partial charge in [0, 0.05) is 37.9 Å². The Morgan fingerprint density at radius 2 is 1.59 bits per heavy atom. The van der Waals surface area contributed by atoms with E-state index in [1.807, 2.05) is 17.0 Å². The number of likely N-dealkylation sites (tertiary alicyclic amines) is 1. The zero-order valence-corrected chi connectivity index (χ0v) is 26.0. The van der Waals surface area contributed by atoms with Crippen molar-refractivity contribution >= 4 is 34.0 Å². The van der Waals surface area contributed by atoms with E-state index in [0.29, 0.717) is 17.2 Å². The lowest BCUT2D eigenvalue weighted by Crippen LogP contribution is -2.52. The second-order valence-electron chi connectivity index (χ2n) is 11.4. The summed E-state index contributed by atoms with van der Waals surface area (Å²) in [6.45, 7) is 5.57. The van der Waals surface area contributed by atoms with Crippen LogP contribution in [0.4, 0.5) is 5.69 Å². The van der Waals surface area contributed by atoms with Gasteiger partial charge in [0.05, 0.1) is 6.26 Å². The quantitative estimate of drug-likeness (QED) is 0.316. The molecule has 0 bridgehead atoms. The first-order valence-electron chi connectivity index (χ1n) is 14.8. The largest absolute Gasteiger partial charge is 0.457 e. The highest BCUT2D eigenvalue weighted by atomic mass is 35.5. The second-order valence-corrected chi connectivity index (χ2v) is 13.1. The molecule has 1 saturated carbocycles. The van der Waals surface area contributed by atoms with Crippen molar-refractivity contribution in [2.75, 3.05) is 30.6 Å². The molecule has 2 aromatic carbocycles. The molecular weight excluding hydrogens is 562 g/mol. The molecule has 1 amide bonds. The number of aliphatic hydroxyl groups is 1. The van der Waals surface area contributed by atoms with E-state index in [-0.39, 0.29) is 30.3 Å². The van der Waals surface area contributed by atoms with Gasteiger partial charge in [-0.3, -0.25) is 14.4 Å². The molecule has 1 unspecified atom stereocenters. The van der Waals surface area contributed by atoms with Crippen LogP contribution in [0.2, 0.25) is 0 Å². The summed E-state index contributed by atoms with van der Waals surface area (Å²) in [7, 11) is -3.31. The number of anilines is 1. The maximum absolute atomic E-state index is 13.4. The molecule has 2 N–H and O–H groups in total. The third-order valence-electron chi connectivity index (χ3n) is 8.11. The van der Waals surface area contributed by atoms with E-state index in [9.17, 15) is 18.3 Å². The standard InChI is InChI=1S/C31H45N3O5S.ClH/c1-3-4-20-34(31(36)30(35)25-8-6-5-7-9-25)27-18-21-33(22-19-27)23-24-10-14-28(15-11-24)39-29-16-12-26(13-17-29)32-40(2,37)38;/h10-17,25,27,30,32,35H,3-9,18-23H2,1-2H3;1H. The van der Waals surface area contributed by atoms with Gasteiger partial charge in [0.1, 0.15) is 17.6 Å². The fourth-order valence-corrected chi connectivity index (χ4v) is 6.44. The van der Waals surface area contributed by atoms with E-state index < -0.39 is 16.1 Å². The van der Waals surface area contributed by atoms with Gasteiger partial charge in [0.25, 0.3) is 5.91 Å². The molecule has 10 heteroatoms. The van der Waals surface area contributed by atoms with Crippen molar-refractivity contribution in [3.63, 3.8) is 0 Å². The summed E-state index contributed by atoms with van der Waals surface area (Å²) in [5, 5.41) is 10.9. The molecule has 228 valence electrons. The Kier molecular flexibility index (Phi) is 12.8. The van der Waals surface area contributed by atoms with Gasteiger partial charge in [-0.05, 0) is 80.0 Å². The summed E-state index contributed by atoms with van der Waals surface area (Å²) in [5.41, 5.74) is 1.69. The van der Waals surface area contributed by atoms with E-state index in [4.69, 9.17) is 4.74 Å². The van der Waals surface area contributed by atoms with Crippen molar-refractivity contribution in [3.05, 3.63) is 54.1 Å². The van der Waals surface area contributed by atoms with Crippen LogP contribution in [-0.2, 0) is 21.4 Å². The summed E-state index contributed by atoms with van der Waals surface area (Å²) >= 11 is 0. The SMILES string of the molecule is CCCCN(C(=O)C(O)C1CCCCC1)C1CCN(Cc2ccc(Oc3ccc(NS(C)(=O)=O)cc3)cc2)CC1.Cl. The van der Waals surface area contributed by atoms with Crippen molar-refractivity contribution in [2.45, 2.75) is 83.4 Å². The Bertz CT molecular complexity index is 1180. The van der Waals surface area contributed by atoms with Crippen LogP contribution < -0.4 is 9.46 Å². The van der Waals surface area contributed by atoms with Gasteiger partial charge < -0.3 is 14.7 Å². The lowest BCUT2D eigenvalue weighted by Gasteiger charge is -2.40. The summed E-state index contributed by atoms with van der Waals surface area (Å²) in [5.74, 6) is 1.42. The fraction of sp³-hybridized carbons (Fsp3) is 0.581. The Hall–Kier alpha value is -2.33. The molecule has 1 aliphatic carbocycles. The number of unbranched alkanes of at least 4 members (excludes halogenated alkanes) is 1. The highest BCUT2D eigenvalue weighted by Crippen LogP contribution is 2.29. The van der Waals surface area contributed by atoms with Crippen LogP contribution >= 0.6 is 12.4 Å². The molecule has 1 aliphatic heterocycles. The number of piperidine rings is 1. The number of hydrogen-bond acceptors (Lipinski definition) is 6. The van der Waals surface area contributed by atoms with Gasteiger partial charge in [0.2, 0.25) is 10.0 Å². The molecule has 2 fully saturated rings. The monoisotopic (exact) mass is 607 g/mol. The highest BCUT2D eigenvalue weighted by molar-refractivity contribution is 7.92. The minimum atomic E-state index is -3.31. The van der Waals surface area contributed by atoms with Gasteiger partial charge in [-0.2, -0.15) is 0 Å². The summed E-state index contributed by atoms with van der Waals surface area (Å²) in [6.07, 6.45) is 9.51. The average Bonchev–Trinajstić information content (AvgIpc) is 2.95. The highest BCUT2D eigenvalue weighted by Gasteiger charge is 2.35. The first-order valence-corrected chi connectivity index (χ1v) is 16.7. The Balaban J connectivity index is 0.00000462. The van der Waals surface area contributed by atoms with Crippen LogP contribution in [0.1, 0.15) is 70.3 Å². The van der Waals surface area contributed by atoms with E-state index in [2.05, 4.69) is 28.7 Å². The smallest absolute Gasteiger partial charge is 0.251 e. The van der Waals surface area contributed by atoms with Gasteiger partial charge in [-0.15, -0.1) is 12.4 Å². The molecule has 4 rings (SSSR count). The van der Waals surface area contributed by atoms with Crippen molar-refractivity contribution in [3.8, 4) is 11.5 Å². The zero-order chi connectivity index (χ0) is 28.5. The van der Waals surface area contributed by atoms with Crippen LogP contribution in [0, 0.1) is 5.92 Å². The molecule has 1 heterocycles. The predicted molar refractivity (Wildman–Crippen MR) is 166 cm³/mol. The first-order chi connectivity index (χ1) is 19.2. The maximum Gasteiger partial charge on any atom is 0.251 e. The Morgan fingerprint density at radius 1 is 1.00 bits per heavy atom. The average molecular weight is 608 g/mol. The van der Waals surface area contributed by atoms with Crippen LogP contribution in [0.3, 0.4) is 0 Å². The molecule has 0 radical (unpaired) electrons. The number of carbonyl (C=O) groups is 1. The van der Waals surface area contributed by atoms with Crippen molar-refractivity contribution in [1.29, 1.82) is 0 Å². The minimum Gasteiger partial charge on any atom is -0.457 e. The lowest BCUT2D eigenvalue weighted by atomic mass is 9.84. The molecule has 1 saturated heterocycles. The van der Waals surface area contributed by atoms with Crippen molar-refractivity contribution < 1.29 is 23.1 Å². The molecule has 2 aromatic rings. The number of hydrogen-bond donors (Lipinski definition) is 2. The Morgan fingerprint density at radius 3 is 2.15 bits per heavy atom. The third kappa shape index (κ3) is 10.2. The van der Waals surface area contributed by atoms with Gasteiger partial charge >= 0.3 is 0 Å². The number of halogens is 1. The number of benzene rings is 2. The molecular formula is C31H46ClN3O5S. The lowest BCUT2D eigenvalue weighted by molar-refractivity contribution is -0.147. The molecule has 41 heavy (non-hydrogen) atoms. The van der Waals surface area contributed by atoms with E-state index >= 15 is 0 Å². The fourth-order valence-electron chi connectivity index (χ4n) is 5.87. The molecule has 1 atom stereocenters. The molecule has 8 nitrogen and oxygen atoms in total. The maximum atomic E-state index is 13.4. The number of rotatable bonds is 12. The normalized spacial score (nSPS) is 17.8. The molecule has 0 spiro atoms. The number of amides is 1. The molecule has 2 aliphatic rings. The summed E-state index contributed by atoms with van der Waals surface area (Å²) in [6, 6.07) is 15.0. The number of sulfonamides is 1. The van der Waals surface area contributed by atoms with Crippen molar-refractivity contribution in [2.24, 2.45) is 5.92 Å². The zero-order valence-electron chi connectivity index (χ0n) is 24.3. The predicted octanol–water partition coefficient (Wildman–Crippen LogP) is 5.81. The van der Waals surface area contributed by atoms with Crippen molar-refractivity contribution in [1.82, 2.24) is 9.80 Å². The van der Waals surface area contributed by atoms with E-state index in [1.54, 1.807) is 24.3 Å². The summed E-state index contributed by atoms with van der Waals surface area (Å²) in [4.78, 5) is 17.8. The number of nitrogens with zero attached hydrogens (tertiary/aromatic N) is 2. The van der Waals surface area contributed by atoms with Gasteiger partial charge in [0.15, 0.2) is 0 Å². The number of carbonyl (C=O) groups excluding carboxylic acids is 1. The number of nitrogens with one attached hydrogen (secondary N) is 1. The van der Waals surface area contributed by atoms with Crippen LogP contribution in [0.15, 0.2) is 48.5 Å². The summed E-state index contributed by atoms with van der Waals surface area (Å²) < 4.78 is 31.1. The van der Waals surface area contributed by atoms with Gasteiger partial charge in [-0.1, -0.05) is 44.7 Å². The van der Waals surface area contributed by atoms with Crippen LogP contribution in [0.5, 0.6) is 11.5 Å². The van der Waals surface area contributed by atoms with Crippen LogP contribution in [0.25, 0.3) is 0 Å². The second kappa shape index (κ2) is 15.8. The Labute approximate surface area is 251 Å². The first kappa shape index (κ1) is 33.2. The third-order valence-corrected chi connectivity index (χ3v) is 8.71. The molecule has 0 aromatic heterocycles. The van der Waals surface area contributed by atoms with E-state index in [0.717, 1.165) is 83.8 Å². The number of ether oxygens (including phenoxy) is 1. The van der Waals surface area contributed by atoms with Gasteiger partial charge in [-0.25, -0.2) is 8.42 Å². The topological polar surface area (TPSA) is 99.2 Å². The van der Waals surface area contributed by atoms with E-state index in [1.165, 1.54) is 12.0 Å². The minimum absolute atomic E-state index is 0. The number of aliphatic hydroxyl groups excluding tert-OH is 1.